The maximum Gasteiger partial charge on any atom is 0.414 e. The van der Waals surface area contributed by atoms with E-state index < -0.39 is 11.9 Å². The van der Waals surface area contributed by atoms with Crippen LogP contribution in [0.25, 0.3) is 0 Å². The van der Waals surface area contributed by atoms with Gasteiger partial charge < -0.3 is 24.9 Å². The predicted octanol–water partition coefficient (Wildman–Crippen LogP) is 3.09. The van der Waals surface area contributed by atoms with Crippen LogP contribution in [0.5, 0.6) is 0 Å². The van der Waals surface area contributed by atoms with Crippen LogP contribution in [-0.2, 0) is 33.6 Å². The summed E-state index contributed by atoms with van der Waals surface area (Å²) in [5, 5.41) is 14.8. The van der Waals surface area contributed by atoms with E-state index in [0.29, 0.717) is 12.5 Å². The molecule has 2 aromatic carbocycles. The molecule has 0 spiro atoms. The molecule has 1 fully saturated rings. The Hall–Kier alpha value is -3.72. The first-order chi connectivity index (χ1) is 18.1. The van der Waals surface area contributed by atoms with E-state index in [1.54, 1.807) is 4.90 Å². The van der Waals surface area contributed by atoms with Gasteiger partial charge in [0.1, 0.15) is 0 Å². The summed E-state index contributed by atoms with van der Waals surface area (Å²) in [4.78, 5) is 49.9. The van der Waals surface area contributed by atoms with Gasteiger partial charge in [0.15, 0.2) is 0 Å². The Kier molecular flexibility index (Phi) is 10.0. The monoisotopic (exact) mass is 523 g/mol. The Balaban J connectivity index is 0.000000599. The number of benzene rings is 2. The van der Waals surface area contributed by atoms with Gasteiger partial charge in [-0.3, -0.25) is 9.59 Å². The van der Waals surface area contributed by atoms with Crippen molar-refractivity contribution in [1.82, 2.24) is 9.80 Å². The summed E-state index contributed by atoms with van der Waals surface area (Å²) in [5.41, 5.74) is 5.39. The van der Waals surface area contributed by atoms with Gasteiger partial charge in [-0.1, -0.05) is 37.3 Å². The minimum absolute atomic E-state index is 0.132. The highest BCUT2D eigenvalue weighted by molar-refractivity contribution is 6.27. The highest BCUT2D eigenvalue weighted by Gasteiger charge is 2.29. The first-order valence-electron chi connectivity index (χ1n) is 13.0. The molecule has 9 nitrogen and oxygen atoms in total. The number of amides is 2. The summed E-state index contributed by atoms with van der Waals surface area (Å²) in [6, 6.07) is 15.2. The van der Waals surface area contributed by atoms with Crippen LogP contribution in [-0.4, -0.2) is 83.5 Å². The maximum absolute atomic E-state index is 13.3. The van der Waals surface area contributed by atoms with Crippen LogP contribution in [0, 0.1) is 0 Å². The highest BCUT2D eigenvalue weighted by Crippen LogP contribution is 2.33. The van der Waals surface area contributed by atoms with Crippen LogP contribution in [0.2, 0.25) is 0 Å². The van der Waals surface area contributed by atoms with Crippen molar-refractivity contribution < 1.29 is 29.4 Å². The Morgan fingerprint density at radius 1 is 1.00 bits per heavy atom. The fraction of sp³-hybridized carbons (Fsp3) is 0.448. The quantitative estimate of drug-likeness (QED) is 0.559. The molecule has 4 rings (SSSR count). The largest absolute Gasteiger partial charge is 0.473 e. The molecule has 38 heavy (non-hydrogen) atoms. The lowest BCUT2D eigenvalue weighted by Crippen LogP contribution is -2.46. The number of nitrogens with zero attached hydrogens (tertiary/aromatic N) is 3. The van der Waals surface area contributed by atoms with Gasteiger partial charge in [-0.15, -0.1) is 0 Å². The second kappa shape index (κ2) is 13.2. The van der Waals surface area contributed by atoms with Crippen LogP contribution in [0.4, 0.5) is 5.69 Å². The van der Waals surface area contributed by atoms with Crippen molar-refractivity contribution in [3.05, 3.63) is 64.7 Å². The summed E-state index contributed by atoms with van der Waals surface area (Å²) >= 11 is 0. The van der Waals surface area contributed by atoms with Crippen molar-refractivity contribution >= 4 is 29.4 Å². The first-order valence-corrected chi connectivity index (χ1v) is 13.0. The van der Waals surface area contributed by atoms with Crippen LogP contribution in [0.15, 0.2) is 42.5 Å². The normalized spacial score (nSPS) is 15.5. The fourth-order valence-corrected chi connectivity index (χ4v) is 5.13. The number of carbonyl (C=O) groups is 4. The predicted molar refractivity (Wildman–Crippen MR) is 145 cm³/mol. The van der Waals surface area contributed by atoms with Crippen LogP contribution in [0.3, 0.4) is 0 Å². The van der Waals surface area contributed by atoms with Crippen LogP contribution in [0.1, 0.15) is 53.2 Å². The number of likely N-dealkylation sites (tertiary alicyclic amines) is 1. The van der Waals surface area contributed by atoms with E-state index in [0.717, 1.165) is 74.1 Å². The van der Waals surface area contributed by atoms with Gasteiger partial charge in [0.25, 0.3) is 5.91 Å². The van der Waals surface area contributed by atoms with Crippen molar-refractivity contribution in [2.45, 2.75) is 51.5 Å². The van der Waals surface area contributed by atoms with Crippen molar-refractivity contribution in [2.24, 2.45) is 0 Å². The third-order valence-electron chi connectivity index (χ3n) is 7.37. The lowest BCUT2D eigenvalue weighted by Gasteiger charge is -2.37. The number of anilines is 1. The molecule has 0 aromatic heterocycles. The molecule has 204 valence electrons. The van der Waals surface area contributed by atoms with E-state index in [1.807, 2.05) is 24.1 Å². The Morgan fingerprint density at radius 3 is 2.21 bits per heavy atom. The lowest BCUT2D eigenvalue weighted by atomic mass is 9.93. The number of hydrogen-bond acceptors (Lipinski definition) is 5. The van der Waals surface area contributed by atoms with Crippen molar-refractivity contribution in [1.29, 1.82) is 0 Å². The minimum atomic E-state index is -1.82. The number of hydrogen-bond donors (Lipinski definition) is 2. The number of aryl methyl sites for hydroxylation is 2. The number of carboxylic acid groups (broad SMARTS) is 2. The van der Waals surface area contributed by atoms with E-state index in [4.69, 9.17) is 19.8 Å². The third-order valence-corrected chi connectivity index (χ3v) is 7.37. The Bertz CT molecular complexity index is 1130. The van der Waals surface area contributed by atoms with Crippen molar-refractivity contribution in [3.63, 3.8) is 0 Å². The molecule has 0 atom stereocenters. The zero-order valence-corrected chi connectivity index (χ0v) is 22.4. The zero-order valence-electron chi connectivity index (χ0n) is 22.4. The minimum Gasteiger partial charge on any atom is -0.473 e. The van der Waals surface area contributed by atoms with E-state index in [9.17, 15) is 9.59 Å². The number of fused-ring (bicyclic) bond motifs is 1. The molecule has 2 amide bonds. The number of rotatable bonds is 6. The first kappa shape index (κ1) is 28.8. The standard InChI is InChI=1S/C27H35N3O2.C2H2O4/c1-4-21-18-23(19-22-10-11-25(31)29(3)26(21)22)27(32)30-16-13-24(14-17-30)28(2)15-12-20-8-6-5-7-9-20;3-1(4)2(5)6/h5-9,18-19,24H,4,10-17H2,1-3H3;(H,3,4)(H,5,6). The molecule has 2 aromatic rings. The number of piperidine rings is 1. The molecule has 2 heterocycles. The van der Waals surface area contributed by atoms with Gasteiger partial charge in [0, 0.05) is 50.4 Å². The molecule has 0 bridgehead atoms. The molecule has 0 saturated carbocycles. The van der Waals surface area contributed by atoms with E-state index in [2.05, 4.69) is 49.2 Å². The van der Waals surface area contributed by atoms with Crippen molar-refractivity contribution in [2.75, 3.05) is 38.6 Å². The van der Waals surface area contributed by atoms with E-state index in [1.165, 1.54) is 5.56 Å². The third kappa shape index (κ3) is 7.19. The average molecular weight is 524 g/mol. The number of carboxylic acids is 2. The Morgan fingerprint density at radius 2 is 1.63 bits per heavy atom. The molecule has 2 aliphatic rings. The van der Waals surface area contributed by atoms with Gasteiger partial charge in [0.2, 0.25) is 5.91 Å². The molecular formula is C29H37N3O6. The lowest BCUT2D eigenvalue weighted by molar-refractivity contribution is -0.159. The molecule has 0 unspecified atom stereocenters. The van der Waals surface area contributed by atoms with E-state index >= 15 is 0 Å². The summed E-state index contributed by atoms with van der Waals surface area (Å²) in [6.45, 7) is 4.74. The molecule has 2 aliphatic heterocycles. The summed E-state index contributed by atoms with van der Waals surface area (Å²) in [7, 11) is 4.06. The van der Waals surface area contributed by atoms with Gasteiger partial charge in [0.05, 0.1) is 0 Å². The van der Waals surface area contributed by atoms with Gasteiger partial charge in [-0.05, 0) is 68.0 Å². The van der Waals surface area contributed by atoms with Crippen LogP contribution >= 0.6 is 0 Å². The summed E-state index contributed by atoms with van der Waals surface area (Å²) in [6.07, 6.45) is 5.14. The average Bonchev–Trinajstić information content (AvgIpc) is 2.93. The molecule has 2 N–H and O–H groups in total. The van der Waals surface area contributed by atoms with Gasteiger partial charge in [-0.2, -0.15) is 0 Å². The second-order valence-electron chi connectivity index (χ2n) is 9.80. The Labute approximate surface area is 223 Å². The fourth-order valence-electron chi connectivity index (χ4n) is 5.13. The van der Waals surface area contributed by atoms with Crippen molar-refractivity contribution in [3.8, 4) is 0 Å². The van der Waals surface area contributed by atoms with Gasteiger partial charge >= 0.3 is 11.9 Å². The maximum atomic E-state index is 13.3. The number of carbonyl (C=O) groups excluding carboxylic acids is 2. The molecule has 9 heteroatoms. The van der Waals surface area contributed by atoms with E-state index in [-0.39, 0.29) is 11.8 Å². The molecule has 0 aliphatic carbocycles. The summed E-state index contributed by atoms with van der Waals surface area (Å²) < 4.78 is 0. The number of likely N-dealkylation sites (N-methyl/N-ethyl adjacent to an activating group) is 1. The number of aliphatic carboxylic acids is 2. The molecular weight excluding hydrogens is 486 g/mol. The topological polar surface area (TPSA) is 118 Å². The molecule has 0 radical (unpaired) electrons. The van der Waals surface area contributed by atoms with Gasteiger partial charge in [-0.25, -0.2) is 9.59 Å². The SMILES string of the molecule is CCc1cc(C(=O)N2CCC(N(C)CCc3ccccc3)CC2)cc2c1N(C)C(=O)CC2.O=C(O)C(=O)O. The summed E-state index contributed by atoms with van der Waals surface area (Å²) in [5.74, 6) is -3.36. The zero-order chi connectivity index (χ0) is 27.8. The van der Waals surface area contributed by atoms with Crippen LogP contribution < -0.4 is 4.90 Å². The second-order valence-corrected chi connectivity index (χ2v) is 9.80. The highest BCUT2D eigenvalue weighted by atomic mass is 16.4. The molecule has 1 saturated heterocycles. The smallest absolute Gasteiger partial charge is 0.414 e.